The number of fused-ring (bicyclic) bond motifs is 1. The van der Waals surface area contributed by atoms with E-state index < -0.39 is 66.8 Å². The Morgan fingerprint density at radius 1 is 0.787 bits per heavy atom. The third-order valence-corrected chi connectivity index (χ3v) is 6.57. The Bertz CT molecular complexity index is 1650. The summed E-state index contributed by atoms with van der Waals surface area (Å²) in [6, 6.07) is 13.8. The topological polar surface area (TPSA) is 172 Å². The van der Waals surface area contributed by atoms with Gasteiger partial charge in [-0.25, -0.2) is 4.79 Å². The van der Waals surface area contributed by atoms with Crippen molar-refractivity contribution in [3.05, 3.63) is 64.5 Å². The van der Waals surface area contributed by atoms with E-state index in [1.165, 1.54) is 19.1 Å². The number of hydrogen-bond acceptors (Lipinski definition) is 14. The van der Waals surface area contributed by atoms with Crippen LogP contribution in [0.2, 0.25) is 0 Å². The van der Waals surface area contributed by atoms with Crippen LogP contribution in [0.3, 0.4) is 0 Å². The Morgan fingerprint density at radius 2 is 1.43 bits per heavy atom. The molecular formula is C33H36O14. The molecule has 2 heterocycles. The maximum absolute atomic E-state index is 13.1. The Morgan fingerprint density at radius 3 is 2.04 bits per heavy atom. The van der Waals surface area contributed by atoms with Crippen LogP contribution in [0.5, 0.6) is 17.2 Å². The highest BCUT2D eigenvalue weighted by molar-refractivity contribution is 5.86. The molecule has 0 spiro atoms. The molecule has 1 fully saturated rings. The predicted molar refractivity (Wildman–Crippen MR) is 162 cm³/mol. The van der Waals surface area contributed by atoms with Crippen LogP contribution in [0.4, 0.5) is 0 Å². The van der Waals surface area contributed by atoms with Crippen LogP contribution in [0.1, 0.15) is 47.1 Å². The van der Waals surface area contributed by atoms with Crippen molar-refractivity contribution < 1.29 is 61.5 Å². The highest BCUT2D eigenvalue weighted by Crippen LogP contribution is 2.37. The van der Waals surface area contributed by atoms with E-state index in [9.17, 15) is 24.0 Å². The minimum absolute atomic E-state index is 0.0669. The quantitative estimate of drug-likeness (QED) is 0.157. The first-order chi connectivity index (χ1) is 22.3. The van der Waals surface area contributed by atoms with Crippen molar-refractivity contribution in [2.75, 3.05) is 6.61 Å². The maximum atomic E-state index is 13.1. The zero-order valence-electron chi connectivity index (χ0n) is 26.7. The molecule has 0 saturated carbocycles. The van der Waals surface area contributed by atoms with Crippen molar-refractivity contribution in [3.63, 3.8) is 0 Å². The third kappa shape index (κ3) is 9.22. The van der Waals surface area contributed by atoms with Gasteiger partial charge in [0.2, 0.25) is 18.1 Å². The molecule has 0 radical (unpaired) electrons. The van der Waals surface area contributed by atoms with Crippen LogP contribution >= 0.6 is 0 Å². The maximum Gasteiger partial charge on any atom is 0.383 e. The molecule has 14 nitrogen and oxygen atoms in total. The second kappa shape index (κ2) is 15.5. The van der Waals surface area contributed by atoms with Gasteiger partial charge in [-0.15, -0.1) is 0 Å². The van der Waals surface area contributed by atoms with Crippen molar-refractivity contribution in [1.82, 2.24) is 0 Å². The summed E-state index contributed by atoms with van der Waals surface area (Å²) in [5.74, 6) is -2.86. The summed E-state index contributed by atoms with van der Waals surface area (Å²) >= 11 is 0. The van der Waals surface area contributed by atoms with Crippen LogP contribution in [-0.4, -0.2) is 67.3 Å². The average Bonchev–Trinajstić information content (AvgIpc) is 2.98. The summed E-state index contributed by atoms with van der Waals surface area (Å²) in [6.07, 6.45) is -7.29. The molecule has 252 valence electrons. The molecule has 0 N–H and O–H groups in total. The van der Waals surface area contributed by atoms with Gasteiger partial charge >= 0.3 is 29.5 Å². The fraction of sp³-hybridized carbons (Fsp3) is 0.424. The molecule has 3 aromatic rings. The Balaban J connectivity index is 1.74. The van der Waals surface area contributed by atoms with Gasteiger partial charge in [-0.3, -0.25) is 19.2 Å². The molecule has 47 heavy (non-hydrogen) atoms. The van der Waals surface area contributed by atoms with Gasteiger partial charge in [0.15, 0.2) is 18.0 Å². The normalized spacial score (nSPS) is 20.6. The van der Waals surface area contributed by atoms with E-state index in [1.807, 2.05) is 30.3 Å². The van der Waals surface area contributed by atoms with Crippen LogP contribution in [0, 0.1) is 0 Å². The summed E-state index contributed by atoms with van der Waals surface area (Å²) in [6.45, 7) is 7.75. The SMILES string of the molecule is CC(=O)OC[C@H]1O[C@@H](Oc2ccc3c(OCc4ccccc4)c(OC(C)C)c(=O)oc3c2)[C@H](OC(C)=O)[C@@H](OC(C)=O)[C@@H]1OC(C)=O. The molecule has 1 saturated heterocycles. The smallest absolute Gasteiger partial charge is 0.383 e. The molecule has 14 heteroatoms. The number of rotatable bonds is 12. The first-order valence-corrected chi connectivity index (χ1v) is 14.7. The minimum Gasteiger partial charge on any atom is -0.484 e. The summed E-state index contributed by atoms with van der Waals surface area (Å²) in [4.78, 5) is 61.0. The van der Waals surface area contributed by atoms with Gasteiger partial charge in [0, 0.05) is 33.8 Å². The summed E-state index contributed by atoms with van der Waals surface area (Å²) in [5, 5.41) is 0.394. The zero-order valence-corrected chi connectivity index (χ0v) is 26.7. The van der Waals surface area contributed by atoms with Crippen molar-refractivity contribution in [1.29, 1.82) is 0 Å². The van der Waals surface area contributed by atoms with E-state index in [0.717, 1.165) is 26.3 Å². The van der Waals surface area contributed by atoms with Crippen LogP contribution in [0.15, 0.2) is 57.7 Å². The lowest BCUT2D eigenvalue weighted by Crippen LogP contribution is -2.63. The summed E-state index contributed by atoms with van der Waals surface area (Å²) < 4.78 is 50.9. The lowest BCUT2D eigenvalue weighted by Gasteiger charge is -2.43. The predicted octanol–water partition coefficient (Wildman–Crippen LogP) is 3.62. The second-order valence-electron chi connectivity index (χ2n) is 10.8. The Hall–Kier alpha value is -5.11. The van der Waals surface area contributed by atoms with Crippen molar-refractivity contribution in [3.8, 4) is 17.2 Å². The van der Waals surface area contributed by atoms with Gasteiger partial charge in [0.05, 0.1) is 11.5 Å². The van der Waals surface area contributed by atoms with Crippen molar-refractivity contribution >= 4 is 34.8 Å². The van der Waals surface area contributed by atoms with Crippen LogP contribution in [0.25, 0.3) is 11.0 Å². The Labute approximate surface area is 269 Å². The van der Waals surface area contributed by atoms with E-state index in [2.05, 4.69) is 0 Å². The minimum atomic E-state index is -1.49. The zero-order chi connectivity index (χ0) is 34.2. The number of esters is 4. The number of carbonyl (C=O) groups excluding carboxylic acids is 4. The molecule has 1 aliphatic rings. The third-order valence-electron chi connectivity index (χ3n) is 6.57. The van der Waals surface area contributed by atoms with Gasteiger partial charge in [-0.2, -0.15) is 0 Å². The van der Waals surface area contributed by atoms with E-state index in [-0.39, 0.29) is 35.5 Å². The molecule has 0 bridgehead atoms. The van der Waals surface area contributed by atoms with E-state index in [4.69, 9.17) is 42.3 Å². The van der Waals surface area contributed by atoms with Gasteiger partial charge in [0.25, 0.3) is 0 Å². The molecule has 1 aliphatic heterocycles. The second-order valence-corrected chi connectivity index (χ2v) is 10.8. The monoisotopic (exact) mass is 656 g/mol. The highest BCUT2D eigenvalue weighted by Gasteiger charge is 2.53. The van der Waals surface area contributed by atoms with Crippen LogP contribution in [-0.2, 0) is 49.5 Å². The number of carbonyl (C=O) groups is 4. The Kier molecular flexibility index (Phi) is 11.4. The van der Waals surface area contributed by atoms with Crippen molar-refractivity contribution in [2.45, 2.75) is 85.0 Å². The van der Waals surface area contributed by atoms with E-state index in [1.54, 1.807) is 19.9 Å². The van der Waals surface area contributed by atoms with Gasteiger partial charge in [0.1, 0.15) is 30.7 Å². The van der Waals surface area contributed by atoms with E-state index >= 15 is 0 Å². The van der Waals surface area contributed by atoms with Crippen LogP contribution < -0.4 is 19.8 Å². The molecule has 0 aliphatic carbocycles. The molecule has 0 amide bonds. The van der Waals surface area contributed by atoms with Crippen molar-refractivity contribution in [2.24, 2.45) is 0 Å². The highest BCUT2D eigenvalue weighted by atomic mass is 16.7. The van der Waals surface area contributed by atoms with Gasteiger partial charge in [-0.05, 0) is 31.5 Å². The summed E-state index contributed by atoms with van der Waals surface area (Å²) in [5.41, 5.74) is 0.129. The average molecular weight is 657 g/mol. The largest absolute Gasteiger partial charge is 0.484 e. The first kappa shape index (κ1) is 34.8. The first-order valence-electron chi connectivity index (χ1n) is 14.7. The molecule has 1 aromatic heterocycles. The standard InChI is InChI=1S/C33H36O14/c1-17(2)41-30-27(40-15-22-10-8-7-9-11-22)24-13-12-23(14-25(24)46-32(30)38)45-33-31(44-21(6)37)29(43-20(5)36)28(42-19(4)35)26(47-33)16-39-18(3)34/h7-14,17,26,28-29,31,33H,15-16H2,1-6H3/t26-,28-,29+,31-,33-/m1/s1. The fourth-order valence-electron chi connectivity index (χ4n) is 4.84. The number of benzene rings is 2. The number of hydrogen-bond donors (Lipinski definition) is 0. The fourth-order valence-corrected chi connectivity index (χ4v) is 4.84. The number of ether oxygens (including phenoxy) is 8. The molecule has 0 unspecified atom stereocenters. The summed E-state index contributed by atoms with van der Waals surface area (Å²) in [7, 11) is 0. The van der Waals surface area contributed by atoms with Gasteiger partial charge in [-0.1, -0.05) is 30.3 Å². The lowest BCUT2D eigenvalue weighted by molar-refractivity contribution is -0.288. The van der Waals surface area contributed by atoms with Gasteiger partial charge < -0.3 is 42.3 Å². The molecule has 4 rings (SSSR count). The van der Waals surface area contributed by atoms with E-state index in [0.29, 0.717) is 5.39 Å². The molecule has 2 aromatic carbocycles. The molecule has 5 atom stereocenters. The molecular weight excluding hydrogens is 620 g/mol. The lowest BCUT2D eigenvalue weighted by atomic mass is 9.98.